The Labute approximate surface area is 121 Å². The lowest BCUT2D eigenvalue weighted by molar-refractivity contribution is 0.325. The molecule has 0 atom stereocenters. The molecule has 21 heavy (non-hydrogen) atoms. The van der Waals surface area contributed by atoms with Gasteiger partial charge in [0.2, 0.25) is 5.75 Å². The number of nitrogens with zero attached hydrogens (tertiary/aromatic N) is 2. The Balaban J connectivity index is 2.30. The molecule has 0 spiro atoms. The first-order valence-electron chi connectivity index (χ1n) is 6.36. The summed E-state index contributed by atoms with van der Waals surface area (Å²) in [4.78, 5) is 11.6. The predicted molar refractivity (Wildman–Crippen MR) is 79.0 cm³/mol. The van der Waals surface area contributed by atoms with Gasteiger partial charge in [-0.3, -0.25) is 4.98 Å². The van der Waals surface area contributed by atoms with E-state index < -0.39 is 0 Å². The summed E-state index contributed by atoms with van der Waals surface area (Å²) in [5.41, 5.74) is 3.41. The molecule has 1 N–H and O–H groups in total. The van der Waals surface area contributed by atoms with Crippen LogP contribution in [0.3, 0.4) is 0 Å². The zero-order chi connectivity index (χ0) is 14.8. The fourth-order valence-corrected chi connectivity index (χ4v) is 2.38. The summed E-state index contributed by atoms with van der Waals surface area (Å²) in [6.45, 7) is 0. The van der Waals surface area contributed by atoms with E-state index in [0.717, 1.165) is 22.2 Å². The Morgan fingerprint density at radius 3 is 2.43 bits per heavy atom. The lowest BCUT2D eigenvalue weighted by Gasteiger charge is -2.15. The van der Waals surface area contributed by atoms with Crippen LogP contribution in [0.1, 0.15) is 0 Å². The first-order chi connectivity index (χ1) is 10.3. The Kier molecular flexibility index (Phi) is 3.35. The van der Waals surface area contributed by atoms with Gasteiger partial charge in [0.05, 0.1) is 44.9 Å². The van der Waals surface area contributed by atoms with E-state index in [1.165, 1.54) is 0 Å². The summed E-state index contributed by atoms with van der Waals surface area (Å²) < 4.78 is 16.2. The van der Waals surface area contributed by atoms with Crippen LogP contribution in [-0.2, 0) is 0 Å². The van der Waals surface area contributed by atoms with Crippen molar-refractivity contribution in [1.82, 2.24) is 15.0 Å². The number of imidazole rings is 1. The maximum atomic E-state index is 5.52. The maximum Gasteiger partial charge on any atom is 0.203 e. The minimum atomic E-state index is 0.546. The molecule has 0 aliphatic rings. The highest BCUT2D eigenvalue weighted by Crippen LogP contribution is 2.45. The molecule has 0 radical (unpaired) electrons. The number of nitrogens with one attached hydrogen (secondary N) is 1. The first kappa shape index (κ1) is 13.2. The lowest BCUT2D eigenvalue weighted by atomic mass is 10.0. The molecule has 0 bridgehead atoms. The Morgan fingerprint density at radius 2 is 1.71 bits per heavy atom. The van der Waals surface area contributed by atoms with Gasteiger partial charge in [-0.1, -0.05) is 0 Å². The van der Waals surface area contributed by atoms with Gasteiger partial charge in [-0.2, -0.15) is 0 Å². The number of rotatable bonds is 4. The molecule has 0 saturated carbocycles. The van der Waals surface area contributed by atoms with Crippen LogP contribution in [0.15, 0.2) is 30.9 Å². The second-order valence-corrected chi connectivity index (χ2v) is 4.37. The van der Waals surface area contributed by atoms with Crippen LogP contribution in [0.4, 0.5) is 0 Å². The molecule has 0 aliphatic heterocycles. The predicted octanol–water partition coefficient (Wildman–Crippen LogP) is 2.65. The van der Waals surface area contributed by atoms with Crippen LogP contribution in [-0.4, -0.2) is 36.3 Å². The molecular formula is C15H15N3O3. The fourth-order valence-electron chi connectivity index (χ4n) is 2.38. The first-order valence-corrected chi connectivity index (χ1v) is 6.36. The van der Waals surface area contributed by atoms with Gasteiger partial charge in [-0.15, -0.1) is 0 Å². The molecule has 6 nitrogen and oxygen atoms in total. The van der Waals surface area contributed by atoms with E-state index in [4.69, 9.17) is 14.2 Å². The number of methoxy groups -OCH3 is 3. The number of hydrogen-bond acceptors (Lipinski definition) is 5. The monoisotopic (exact) mass is 285 g/mol. The molecule has 2 aromatic heterocycles. The van der Waals surface area contributed by atoms with Crippen molar-refractivity contribution in [3.05, 3.63) is 30.9 Å². The van der Waals surface area contributed by atoms with Gasteiger partial charge >= 0.3 is 0 Å². The molecule has 0 aliphatic carbocycles. The minimum Gasteiger partial charge on any atom is -0.493 e. The summed E-state index contributed by atoms with van der Waals surface area (Å²) in [6.07, 6.45) is 5.13. The van der Waals surface area contributed by atoms with Crippen molar-refractivity contribution in [3.8, 4) is 28.4 Å². The minimum absolute atomic E-state index is 0.546. The van der Waals surface area contributed by atoms with Crippen molar-refractivity contribution in [1.29, 1.82) is 0 Å². The van der Waals surface area contributed by atoms with Crippen LogP contribution in [0.2, 0.25) is 0 Å². The molecule has 0 amide bonds. The molecule has 3 aromatic rings. The van der Waals surface area contributed by atoms with Crippen LogP contribution >= 0.6 is 0 Å². The highest BCUT2D eigenvalue weighted by Gasteiger charge is 2.19. The molecule has 2 heterocycles. The van der Waals surface area contributed by atoms with E-state index in [-0.39, 0.29) is 0 Å². The third-order valence-electron chi connectivity index (χ3n) is 3.33. The number of aromatic amines is 1. The number of benzene rings is 1. The van der Waals surface area contributed by atoms with Crippen LogP contribution in [0.5, 0.6) is 17.2 Å². The van der Waals surface area contributed by atoms with Crippen molar-refractivity contribution < 1.29 is 14.2 Å². The van der Waals surface area contributed by atoms with Gasteiger partial charge in [-0.25, -0.2) is 4.98 Å². The largest absolute Gasteiger partial charge is 0.493 e. The summed E-state index contributed by atoms with van der Waals surface area (Å²) >= 11 is 0. The second kappa shape index (κ2) is 5.32. The van der Waals surface area contributed by atoms with Gasteiger partial charge in [-0.05, 0) is 12.1 Å². The fraction of sp³-hybridized carbons (Fsp3) is 0.200. The SMILES string of the molecule is COc1ccc(-c2cncc3[nH]cnc23)c(OC)c1OC. The van der Waals surface area contributed by atoms with Crippen LogP contribution in [0, 0.1) is 0 Å². The highest BCUT2D eigenvalue weighted by molar-refractivity contribution is 5.93. The van der Waals surface area contributed by atoms with E-state index in [9.17, 15) is 0 Å². The van der Waals surface area contributed by atoms with Gasteiger partial charge in [0, 0.05) is 17.3 Å². The number of ether oxygens (including phenoxy) is 3. The molecule has 108 valence electrons. The normalized spacial score (nSPS) is 10.6. The summed E-state index contributed by atoms with van der Waals surface area (Å²) in [7, 11) is 4.77. The molecule has 0 fully saturated rings. The summed E-state index contributed by atoms with van der Waals surface area (Å²) in [5, 5.41) is 0. The van der Waals surface area contributed by atoms with Gasteiger partial charge in [0.1, 0.15) is 0 Å². The van der Waals surface area contributed by atoms with Crippen molar-refractivity contribution in [3.63, 3.8) is 0 Å². The molecule has 0 saturated heterocycles. The van der Waals surface area contributed by atoms with Crippen molar-refractivity contribution >= 4 is 11.0 Å². The number of pyridine rings is 1. The van der Waals surface area contributed by atoms with E-state index in [2.05, 4.69) is 15.0 Å². The van der Waals surface area contributed by atoms with Crippen LogP contribution in [0.25, 0.3) is 22.2 Å². The van der Waals surface area contributed by atoms with E-state index in [1.54, 1.807) is 40.1 Å². The quantitative estimate of drug-likeness (QED) is 0.798. The van der Waals surface area contributed by atoms with Crippen molar-refractivity contribution in [2.24, 2.45) is 0 Å². The van der Waals surface area contributed by atoms with E-state index in [1.807, 2.05) is 12.1 Å². The average Bonchev–Trinajstić information content (AvgIpc) is 3.01. The second-order valence-electron chi connectivity index (χ2n) is 4.37. The molecule has 6 heteroatoms. The number of aromatic nitrogens is 3. The van der Waals surface area contributed by atoms with Crippen molar-refractivity contribution in [2.45, 2.75) is 0 Å². The standard InChI is InChI=1S/C15H15N3O3/c1-19-12-5-4-9(14(20-2)15(12)21-3)10-6-16-7-11-13(10)18-8-17-11/h4-8H,1-3H3,(H,17,18). The number of H-pyrrole nitrogens is 1. The smallest absolute Gasteiger partial charge is 0.203 e. The van der Waals surface area contributed by atoms with Crippen LogP contribution < -0.4 is 14.2 Å². The molecular weight excluding hydrogens is 270 g/mol. The number of fused-ring (bicyclic) bond motifs is 1. The molecule has 1 aromatic carbocycles. The lowest BCUT2D eigenvalue weighted by Crippen LogP contribution is -1.97. The molecule has 0 unspecified atom stereocenters. The Bertz CT molecular complexity index is 783. The molecule has 3 rings (SSSR count). The maximum absolute atomic E-state index is 5.52. The van der Waals surface area contributed by atoms with Gasteiger partial charge in [0.25, 0.3) is 0 Å². The Morgan fingerprint density at radius 1 is 0.905 bits per heavy atom. The Hall–Kier alpha value is -2.76. The zero-order valence-corrected chi connectivity index (χ0v) is 12.0. The van der Waals surface area contributed by atoms with E-state index in [0.29, 0.717) is 17.2 Å². The third kappa shape index (κ3) is 2.05. The average molecular weight is 285 g/mol. The van der Waals surface area contributed by atoms with E-state index >= 15 is 0 Å². The topological polar surface area (TPSA) is 69.3 Å². The third-order valence-corrected chi connectivity index (χ3v) is 3.33. The highest BCUT2D eigenvalue weighted by atomic mass is 16.5. The zero-order valence-electron chi connectivity index (χ0n) is 12.0. The van der Waals surface area contributed by atoms with Gasteiger partial charge < -0.3 is 19.2 Å². The van der Waals surface area contributed by atoms with Crippen molar-refractivity contribution in [2.75, 3.05) is 21.3 Å². The summed E-state index contributed by atoms with van der Waals surface area (Å²) in [5.74, 6) is 1.75. The number of hydrogen-bond donors (Lipinski definition) is 1. The van der Waals surface area contributed by atoms with Gasteiger partial charge in [0.15, 0.2) is 11.5 Å². The summed E-state index contributed by atoms with van der Waals surface area (Å²) in [6, 6.07) is 3.74.